The van der Waals surface area contributed by atoms with Crippen LogP contribution in [0, 0.1) is 0 Å². The third kappa shape index (κ3) is 14.6. The number of hydrogen-bond donors (Lipinski definition) is 1. The summed E-state index contributed by atoms with van der Waals surface area (Å²) < 4.78 is 0.672. The van der Waals surface area contributed by atoms with Crippen molar-refractivity contribution >= 4 is 22.6 Å². The van der Waals surface area contributed by atoms with E-state index in [0.717, 1.165) is 0 Å². The highest BCUT2D eigenvalue weighted by Crippen LogP contribution is 2.10. The van der Waals surface area contributed by atoms with Gasteiger partial charge in [-0.15, -0.1) is 0 Å². The molecule has 0 aliphatic carbocycles. The van der Waals surface area contributed by atoms with Gasteiger partial charge in [0.1, 0.15) is 0 Å². The Morgan fingerprint density at radius 3 is 1.71 bits per heavy atom. The minimum atomic E-state index is 0.672. The normalized spacial score (nSPS) is 12.9. The van der Waals surface area contributed by atoms with Gasteiger partial charge in [-0.2, -0.15) is 0 Å². The molecule has 0 saturated carbocycles. The van der Waals surface area contributed by atoms with Gasteiger partial charge in [-0.25, -0.2) is 0 Å². The van der Waals surface area contributed by atoms with Crippen LogP contribution in [-0.4, -0.2) is 10.6 Å². The number of alkyl halides is 1. The van der Waals surface area contributed by atoms with Gasteiger partial charge in [0.2, 0.25) is 0 Å². The van der Waals surface area contributed by atoms with Crippen molar-refractivity contribution in [1.82, 2.24) is 5.32 Å². The molecule has 2 heteroatoms. The van der Waals surface area contributed by atoms with Gasteiger partial charge in [0.25, 0.3) is 0 Å². The van der Waals surface area contributed by atoms with Crippen molar-refractivity contribution in [1.29, 1.82) is 0 Å². The molecule has 0 radical (unpaired) electrons. The molecular weight excluding hydrogens is 321 g/mol. The van der Waals surface area contributed by atoms with Crippen LogP contribution >= 0.6 is 22.6 Å². The van der Waals surface area contributed by atoms with Crippen LogP contribution in [0.5, 0.6) is 0 Å². The first kappa shape index (κ1) is 17.7. The predicted octanol–water partition coefficient (Wildman–Crippen LogP) is 5.67. The highest BCUT2D eigenvalue weighted by molar-refractivity contribution is 14.1. The minimum Gasteiger partial charge on any atom is -0.306 e. The minimum absolute atomic E-state index is 0.672. The van der Waals surface area contributed by atoms with E-state index in [2.05, 4.69) is 41.8 Å². The lowest BCUT2D eigenvalue weighted by atomic mass is 10.1. The van der Waals surface area contributed by atoms with Crippen LogP contribution in [0.15, 0.2) is 0 Å². The zero-order valence-electron chi connectivity index (χ0n) is 11.9. The maximum absolute atomic E-state index is 3.54. The van der Waals surface area contributed by atoms with Gasteiger partial charge in [0.15, 0.2) is 0 Å². The number of rotatable bonds is 13. The van der Waals surface area contributed by atoms with Gasteiger partial charge in [-0.1, -0.05) is 94.2 Å². The Labute approximate surface area is 123 Å². The average molecular weight is 353 g/mol. The molecule has 17 heavy (non-hydrogen) atoms. The van der Waals surface area contributed by atoms with E-state index in [9.17, 15) is 0 Å². The molecule has 0 fully saturated rings. The summed E-state index contributed by atoms with van der Waals surface area (Å²) in [5.74, 6) is 0. The first-order valence-corrected chi connectivity index (χ1v) is 8.93. The molecule has 0 aromatic heterocycles. The van der Waals surface area contributed by atoms with Crippen molar-refractivity contribution in [2.45, 2.75) is 88.5 Å². The topological polar surface area (TPSA) is 12.0 Å². The molecule has 1 nitrogen and oxygen atoms in total. The molecule has 1 atom stereocenters. The largest absolute Gasteiger partial charge is 0.306 e. The van der Waals surface area contributed by atoms with Crippen molar-refractivity contribution in [3.8, 4) is 0 Å². The van der Waals surface area contributed by atoms with Gasteiger partial charge >= 0.3 is 0 Å². The molecule has 1 N–H and O–H groups in total. The van der Waals surface area contributed by atoms with E-state index in [4.69, 9.17) is 0 Å². The van der Waals surface area contributed by atoms with Crippen LogP contribution in [0.2, 0.25) is 0 Å². The number of hydrogen-bond acceptors (Lipinski definition) is 1. The Hall–Kier alpha value is 0.690. The summed E-state index contributed by atoms with van der Waals surface area (Å²) >= 11 is 2.48. The summed E-state index contributed by atoms with van der Waals surface area (Å²) in [6.45, 7) is 5.73. The lowest BCUT2D eigenvalue weighted by Gasteiger charge is -2.09. The molecule has 0 rings (SSSR count). The highest BCUT2D eigenvalue weighted by atomic mass is 127. The molecular formula is C15H32IN. The quantitative estimate of drug-likeness (QED) is 0.195. The standard InChI is InChI=1S/C15H32IN/c1-3-5-6-7-8-9-10-11-12-13-14-17-15(16)4-2/h15,17H,3-14H2,1-2H3. The first-order chi connectivity index (χ1) is 8.31. The van der Waals surface area contributed by atoms with Gasteiger partial charge in [-0.3, -0.25) is 0 Å². The lowest BCUT2D eigenvalue weighted by Crippen LogP contribution is -2.23. The molecule has 0 aliphatic heterocycles. The fourth-order valence-electron chi connectivity index (χ4n) is 2.02. The Morgan fingerprint density at radius 1 is 0.765 bits per heavy atom. The van der Waals surface area contributed by atoms with Crippen LogP contribution in [0.4, 0.5) is 0 Å². The second-order valence-corrected chi connectivity index (χ2v) is 6.52. The average Bonchev–Trinajstić information content (AvgIpc) is 2.35. The third-order valence-corrected chi connectivity index (χ3v) is 4.58. The van der Waals surface area contributed by atoms with Crippen molar-refractivity contribution in [3.63, 3.8) is 0 Å². The van der Waals surface area contributed by atoms with Gasteiger partial charge in [0.05, 0.1) is 4.05 Å². The molecule has 1 unspecified atom stereocenters. The molecule has 104 valence electrons. The molecule has 0 aliphatic rings. The fraction of sp³-hybridized carbons (Fsp3) is 1.00. The number of unbranched alkanes of at least 4 members (excludes halogenated alkanes) is 9. The van der Waals surface area contributed by atoms with Crippen molar-refractivity contribution in [3.05, 3.63) is 0 Å². The Morgan fingerprint density at radius 2 is 1.24 bits per heavy atom. The second-order valence-electron chi connectivity index (χ2n) is 5.01. The van der Waals surface area contributed by atoms with Gasteiger partial charge in [-0.05, 0) is 19.4 Å². The van der Waals surface area contributed by atoms with E-state index in [0.29, 0.717) is 4.05 Å². The monoisotopic (exact) mass is 353 g/mol. The van der Waals surface area contributed by atoms with E-state index in [1.165, 1.54) is 77.2 Å². The number of halogens is 1. The van der Waals surface area contributed by atoms with Crippen LogP contribution in [0.25, 0.3) is 0 Å². The van der Waals surface area contributed by atoms with Crippen LogP contribution < -0.4 is 5.32 Å². The van der Waals surface area contributed by atoms with Crippen molar-refractivity contribution in [2.75, 3.05) is 6.54 Å². The molecule has 0 bridgehead atoms. The van der Waals surface area contributed by atoms with E-state index < -0.39 is 0 Å². The lowest BCUT2D eigenvalue weighted by molar-refractivity contribution is 0.540. The maximum Gasteiger partial charge on any atom is 0.0590 e. The fourth-order valence-corrected chi connectivity index (χ4v) is 2.33. The van der Waals surface area contributed by atoms with Crippen molar-refractivity contribution in [2.24, 2.45) is 0 Å². The molecule has 0 saturated heterocycles. The summed E-state index contributed by atoms with van der Waals surface area (Å²) in [6.07, 6.45) is 15.5. The molecule has 0 aromatic rings. The van der Waals surface area contributed by atoms with Gasteiger partial charge in [0, 0.05) is 0 Å². The summed E-state index contributed by atoms with van der Waals surface area (Å²) in [6, 6.07) is 0. The summed E-state index contributed by atoms with van der Waals surface area (Å²) in [5, 5.41) is 3.54. The predicted molar refractivity (Wildman–Crippen MR) is 87.9 cm³/mol. The zero-order chi connectivity index (χ0) is 12.8. The van der Waals surface area contributed by atoms with Gasteiger partial charge < -0.3 is 5.32 Å². The summed E-state index contributed by atoms with van der Waals surface area (Å²) in [4.78, 5) is 0. The highest BCUT2D eigenvalue weighted by Gasteiger charge is 1.97. The number of nitrogens with one attached hydrogen (secondary N) is 1. The van der Waals surface area contributed by atoms with Crippen LogP contribution in [0.1, 0.15) is 84.5 Å². The smallest absolute Gasteiger partial charge is 0.0590 e. The van der Waals surface area contributed by atoms with Crippen molar-refractivity contribution < 1.29 is 0 Å². The van der Waals surface area contributed by atoms with Crippen LogP contribution in [-0.2, 0) is 0 Å². The molecule has 0 heterocycles. The van der Waals surface area contributed by atoms with E-state index in [1.54, 1.807) is 0 Å². The molecule has 0 spiro atoms. The van der Waals surface area contributed by atoms with E-state index in [1.807, 2.05) is 0 Å². The molecule has 0 aromatic carbocycles. The van der Waals surface area contributed by atoms with E-state index >= 15 is 0 Å². The maximum atomic E-state index is 3.54. The second kappa shape index (κ2) is 14.7. The SMILES string of the molecule is CCCCCCCCCCCCNC(I)CC. The zero-order valence-corrected chi connectivity index (χ0v) is 14.1. The summed E-state index contributed by atoms with van der Waals surface area (Å²) in [5.41, 5.74) is 0. The first-order valence-electron chi connectivity index (χ1n) is 7.68. The van der Waals surface area contributed by atoms with E-state index in [-0.39, 0.29) is 0 Å². The molecule has 0 amide bonds. The Bertz CT molecular complexity index is 139. The Kier molecular flexibility index (Phi) is 15.3. The third-order valence-electron chi connectivity index (χ3n) is 3.25. The Balaban J connectivity index is 2.94. The summed E-state index contributed by atoms with van der Waals surface area (Å²) in [7, 11) is 0. The van der Waals surface area contributed by atoms with Crippen LogP contribution in [0.3, 0.4) is 0 Å².